The smallest absolute Gasteiger partial charge is 0.250 e. The molecule has 0 saturated carbocycles. The number of rotatable bonds is 7. The molecule has 0 bridgehead atoms. The van der Waals surface area contributed by atoms with Crippen molar-refractivity contribution in [1.82, 2.24) is 20.2 Å². The van der Waals surface area contributed by atoms with Crippen molar-refractivity contribution in [3.8, 4) is 17.1 Å². The van der Waals surface area contributed by atoms with Crippen molar-refractivity contribution in [2.45, 2.75) is 12.1 Å². The highest BCUT2D eigenvalue weighted by Gasteiger charge is 2.17. The Morgan fingerprint density at radius 2 is 1.82 bits per heavy atom. The molecule has 0 aliphatic rings. The fraction of sp³-hybridized carbons (Fsp3) is 0.0833. The molecule has 6 nitrogen and oxygen atoms in total. The van der Waals surface area contributed by atoms with Crippen molar-refractivity contribution in [1.29, 1.82) is 0 Å². The lowest BCUT2D eigenvalue weighted by molar-refractivity contribution is -0.118. The van der Waals surface area contributed by atoms with Crippen LogP contribution in [0.3, 0.4) is 0 Å². The zero-order valence-corrected chi connectivity index (χ0v) is 20.2. The van der Waals surface area contributed by atoms with Crippen LogP contribution in [0.15, 0.2) is 77.0 Å². The van der Waals surface area contributed by atoms with Crippen molar-refractivity contribution in [2.24, 2.45) is 5.10 Å². The number of thioether (sulfide) groups is 1. The maximum Gasteiger partial charge on any atom is 0.250 e. The molecule has 1 aromatic heterocycles. The highest BCUT2D eigenvalue weighted by atomic mass is 35.5. The lowest BCUT2D eigenvalue weighted by Crippen LogP contribution is -2.20. The molecule has 1 N–H and O–H groups in total. The summed E-state index contributed by atoms with van der Waals surface area (Å²) in [6, 6.07) is 19.5. The van der Waals surface area contributed by atoms with E-state index in [1.54, 1.807) is 18.2 Å². The maximum absolute atomic E-state index is 13.8. The van der Waals surface area contributed by atoms with Crippen LogP contribution >= 0.6 is 35.0 Å². The summed E-state index contributed by atoms with van der Waals surface area (Å²) in [5, 5.41) is 13.8. The van der Waals surface area contributed by atoms with Crippen LogP contribution in [0.4, 0.5) is 4.39 Å². The molecule has 1 amide bonds. The number of aryl methyl sites for hydroxylation is 1. The minimum absolute atomic E-state index is 0.0158. The molecule has 0 atom stereocenters. The van der Waals surface area contributed by atoms with Crippen LogP contribution in [0.2, 0.25) is 10.0 Å². The number of aromatic nitrogens is 3. The number of hydrogen-bond donors (Lipinski definition) is 1. The third-order valence-corrected chi connectivity index (χ3v) is 6.25. The summed E-state index contributed by atoms with van der Waals surface area (Å²) in [5.74, 6) is -0.268. The van der Waals surface area contributed by atoms with E-state index >= 15 is 0 Å². The van der Waals surface area contributed by atoms with E-state index in [-0.39, 0.29) is 16.3 Å². The first-order chi connectivity index (χ1) is 16.4. The first kappa shape index (κ1) is 23.9. The minimum Gasteiger partial charge on any atom is -0.272 e. The monoisotopic (exact) mass is 513 g/mol. The predicted molar refractivity (Wildman–Crippen MR) is 134 cm³/mol. The molecule has 4 rings (SSSR count). The molecule has 0 radical (unpaired) electrons. The van der Waals surface area contributed by atoms with Crippen molar-refractivity contribution >= 4 is 47.1 Å². The highest BCUT2D eigenvalue weighted by molar-refractivity contribution is 7.99. The number of nitrogens with one attached hydrogen (secondary N) is 1. The van der Waals surface area contributed by atoms with Gasteiger partial charge < -0.3 is 0 Å². The van der Waals surface area contributed by atoms with Gasteiger partial charge in [0, 0.05) is 21.8 Å². The predicted octanol–water partition coefficient (Wildman–Crippen LogP) is 5.93. The zero-order valence-electron chi connectivity index (χ0n) is 17.9. The maximum atomic E-state index is 13.8. The van der Waals surface area contributed by atoms with Crippen LogP contribution in [0.25, 0.3) is 17.1 Å². The minimum atomic E-state index is -0.528. The standard InChI is InChI=1S/C24H18Cl2FN5OS/c1-15-5-7-16(8-6-15)23-30-31-24(32(23)18-11-9-17(25)10-12-18)34-14-22(33)29-28-13-19-20(26)3-2-4-21(19)27/h2-13H,14H2,1H3,(H,29,33). The van der Waals surface area contributed by atoms with E-state index < -0.39 is 11.7 Å². The Labute approximate surface area is 209 Å². The van der Waals surface area contributed by atoms with Crippen LogP contribution in [0.5, 0.6) is 0 Å². The average molecular weight is 514 g/mol. The zero-order chi connectivity index (χ0) is 24.1. The van der Waals surface area contributed by atoms with E-state index in [0.717, 1.165) is 16.8 Å². The van der Waals surface area contributed by atoms with Gasteiger partial charge in [0.2, 0.25) is 0 Å². The molecule has 0 fully saturated rings. The summed E-state index contributed by atoms with van der Waals surface area (Å²) in [4.78, 5) is 12.3. The van der Waals surface area contributed by atoms with Gasteiger partial charge in [0.1, 0.15) is 5.82 Å². The summed E-state index contributed by atoms with van der Waals surface area (Å²) in [6.45, 7) is 2.01. The summed E-state index contributed by atoms with van der Waals surface area (Å²) in [6.07, 6.45) is 1.17. The topological polar surface area (TPSA) is 72.2 Å². The first-order valence-corrected chi connectivity index (χ1v) is 11.8. The molecule has 0 aliphatic carbocycles. The lowest BCUT2D eigenvalue weighted by Gasteiger charge is -2.10. The van der Waals surface area contributed by atoms with Crippen molar-refractivity contribution < 1.29 is 9.18 Å². The number of amides is 1. The van der Waals surface area contributed by atoms with Gasteiger partial charge in [0.05, 0.1) is 17.0 Å². The molecule has 0 aliphatic heterocycles. The number of nitrogens with zero attached hydrogens (tertiary/aromatic N) is 4. The normalized spacial score (nSPS) is 11.2. The van der Waals surface area contributed by atoms with Crippen molar-refractivity contribution in [2.75, 3.05) is 5.75 Å². The second-order valence-corrected chi connectivity index (χ2v) is 8.99. The molecule has 172 valence electrons. The average Bonchev–Trinajstić information content (AvgIpc) is 3.24. The van der Waals surface area contributed by atoms with Gasteiger partial charge in [-0.25, -0.2) is 9.82 Å². The number of carbonyl (C=O) groups excluding carboxylic acids is 1. The Morgan fingerprint density at radius 1 is 1.09 bits per heavy atom. The molecule has 0 unspecified atom stereocenters. The molecule has 10 heteroatoms. The van der Waals surface area contributed by atoms with Gasteiger partial charge in [-0.2, -0.15) is 5.10 Å². The van der Waals surface area contributed by atoms with Gasteiger partial charge in [-0.1, -0.05) is 70.9 Å². The molecular weight excluding hydrogens is 496 g/mol. The Hall–Kier alpha value is -3.20. The van der Waals surface area contributed by atoms with E-state index in [2.05, 4.69) is 20.7 Å². The second kappa shape index (κ2) is 10.8. The van der Waals surface area contributed by atoms with Crippen molar-refractivity contribution in [3.05, 3.63) is 93.7 Å². The SMILES string of the molecule is Cc1ccc(-c2nnc(SCC(=O)NN=Cc3c(F)cccc3Cl)n2-c2ccc(Cl)cc2)cc1. The molecule has 1 heterocycles. The van der Waals surface area contributed by atoms with Gasteiger partial charge in [-0.15, -0.1) is 10.2 Å². The molecule has 0 spiro atoms. The van der Waals surface area contributed by atoms with E-state index in [1.165, 1.54) is 30.1 Å². The van der Waals surface area contributed by atoms with Crippen LogP contribution < -0.4 is 5.43 Å². The van der Waals surface area contributed by atoms with Crippen LogP contribution in [0.1, 0.15) is 11.1 Å². The summed E-state index contributed by atoms with van der Waals surface area (Å²) in [7, 11) is 0. The molecule has 3 aromatic carbocycles. The molecule has 0 saturated heterocycles. The van der Waals surface area contributed by atoms with Gasteiger partial charge >= 0.3 is 0 Å². The Kier molecular flexibility index (Phi) is 7.62. The Bertz CT molecular complexity index is 1320. The van der Waals surface area contributed by atoms with Crippen LogP contribution in [-0.2, 0) is 4.79 Å². The van der Waals surface area contributed by atoms with Gasteiger partial charge in [0.25, 0.3) is 5.91 Å². The van der Waals surface area contributed by atoms with Crippen LogP contribution in [-0.4, -0.2) is 32.6 Å². The van der Waals surface area contributed by atoms with E-state index in [1.807, 2.05) is 47.9 Å². The number of halogens is 3. The summed E-state index contributed by atoms with van der Waals surface area (Å²) < 4.78 is 15.7. The lowest BCUT2D eigenvalue weighted by atomic mass is 10.1. The third kappa shape index (κ3) is 5.64. The van der Waals surface area contributed by atoms with E-state index in [9.17, 15) is 9.18 Å². The Balaban J connectivity index is 1.52. The van der Waals surface area contributed by atoms with Crippen LogP contribution in [0, 0.1) is 12.7 Å². The third-order valence-electron chi connectivity index (χ3n) is 4.74. The first-order valence-electron chi connectivity index (χ1n) is 10.1. The summed E-state index contributed by atoms with van der Waals surface area (Å²) in [5.41, 5.74) is 5.30. The van der Waals surface area contributed by atoms with E-state index in [4.69, 9.17) is 23.2 Å². The molecule has 34 heavy (non-hydrogen) atoms. The molecular formula is C24H18Cl2FN5OS. The second-order valence-electron chi connectivity index (χ2n) is 7.20. The van der Waals surface area contributed by atoms with Crippen molar-refractivity contribution in [3.63, 3.8) is 0 Å². The largest absolute Gasteiger partial charge is 0.272 e. The number of benzene rings is 3. The van der Waals surface area contributed by atoms with Gasteiger partial charge in [-0.05, 0) is 43.3 Å². The van der Waals surface area contributed by atoms with Gasteiger partial charge in [0.15, 0.2) is 11.0 Å². The fourth-order valence-corrected chi connectivity index (χ4v) is 4.12. The fourth-order valence-electron chi connectivity index (χ4n) is 3.04. The Morgan fingerprint density at radius 3 is 2.53 bits per heavy atom. The molecule has 4 aromatic rings. The quantitative estimate of drug-likeness (QED) is 0.189. The number of hydrazone groups is 1. The summed E-state index contributed by atoms with van der Waals surface area (Å²) >= 11 is 13.2. The number of carbonyl (C=O) groups is 1. The number of hydrogen-bond acceptors (Lipinski definition) is 5. The highest BCUT2D eigenvalue weighted by Crippen LogP contribution is 2.28. The van der Waals surface area contributed by atoms with Gasteiger partial charge in [-0.3, -0.25) is 9.36 Å². The van der Waals surface area contributed by atoms with E-state index in [0.29, 0.717) is 16.0 Å².